The summed E-state index contributed by atoms with van der Waals surface area (Å²) in [5, 5.41) is 3.08. The van der Waals surface area contributed by atoms with Gasteiger partial charge in [-0.25, -0.2) is 13.2 Å². The maximum absolute atomic E-state index is 13.7. The Morgan fingerprint density at radius 3 is 2.53 bits per heavy atom. The zero-order chi connectivity index (χ0) is 13.6. The standard InChI is InChI=1S/C15H12F3N/c1-8-2-4-13(18)11-7-14(19-15(8)11)10-6-9(16)3-5-12(10)17/h2-6,14,19H,7H2,1H3. The van der Waals surface area contributed by atoms with Crippen LogP contribution in [0.4, 0.5) is 18.9 Å². The predicted molar refractivity (Wildman–Crippen MR) is 67.6 cm³/mol. The highest BCUT2D eigenvalue weighted by molar-refractivity contribution is 5.63. The van der Waals surface area contributed by atoms with E-state index in [1.807, 2.05) is 6.92 Å². The highest BCUT2D eigenvalue weighted by atomic mass is 19.1. The van der Waals surface area contributed by atoms with Gasteiger partial charge in [0.15, 0.2) is 0 Å². The number of hydrogen-bond donors (Lipinski definition) is 1. The molecule has 98 valence electrons. The van der Waals surface area contributed by atoms with Crippen LogP contribution in [0.2, 0.25) is 0 Å². The quantitative estimate of drug-likeness (QED) is 0.816. The van der Waals surface area contributed by atoms with E-state index < -0.39 is 17.7 Å². The van der Waals surface area contributed by atoms with E-state index in [0.717, 1.165) is 23.8 Å². The zero-order valence-corrected chi connectivity index (χ0v) is 10.3. The van der Waals surface area contributed by atoms with Crippen LogP contribution in [0.1, 0.15) is 22.7 Å². The van der Waals surface area contributed by atoms with Crippen LogP contribution in [0.15, 0.2) is 30.3 Å². The summed E-state index contributed by atoms with van der Waals surface area (Å²) in [6, 6.07) is 5.98. The first-order chi connectivity index (χ1) is 9.06. The van der Waals surface area contributed by atoms with E-state index in [0.29, 0.717) is 17.7 Å². The van der Waals surface area contributed by atoms with Gasteiger partial charge in [-0.15, -0.1) is 0 Å². The number of anilines is 1. The Bertz CT molecular complexity index is 621. The SMILES string of the molecule is Cc1ccc(F)c2c1NC(c1cc(F)ccc1F)C2. The molecule has 1 atom stereocenters. The molecule has 0 fully saturated rings. The Morgan fingerprint density at radius 2 is 1.79 bits per heavy atom. The highest BCUT2D eigenvalue weighted by Gasteiger charge is 2.28. The van der Waals surface area contributed by atoms with E-state index in [9.17, 15) is 13.2 Å². The molecule has 1 nitrogen and oxygen atoms in total. The molecular weight excluding hydrogens is 251 g/mol. The smallest absolute Gasteiger partial charge is 0.128 e. The second-order valence-corrected chi connectivity index (χ2v) is 4.78. The monoisotopic (exact) mass is 263 g/mol. The number of nitrogens with one attached hydrogen (secondary N) is 1. The number of rotatable bonds is 1. The molecule has 2 aromatic carbocycles. The normalized spacial score (nSPS) is 17.2. The van der Waals surface area contributed by atoms with Gasteiger partial charge in [0.1, 0.15) is 17.5 Å². The van der Waals surface area contributed by atoms with Gasteiger partial charge < -0.3 is 5.32 Å². The lowest BCUT2D eigenvalue weighted by Crippen LogP contribution is -2.08. The Balaban J connectivity index is 2.02. The molecule has 1 aliphatic heterocycles. The van der Waals surface area contributed by atoms with Gasteiger partial charge in [-0.2, -0.15) is 0 Å². The van der Waals surface area contributed by atoms with Crippen molar-refractivity contribution in [3.05, 3.63) is 64.5 Å². The molecule has 2 aromatic rings. The zero-order valence-electron chi connectivity index (χ0n) is 10.3. The van der Waals surface area contributed by atoms with Crippen molar-refractivity contribution in [3.63, 3.8) is 0 Å². The number of fused-ring (bicyclic) bond motifs is 1. The Hall–Kier alpha value is -1.97. The lowest BCUT2D eigenvalue weighted by Gasteiger charge is -2.13. The lowest BCUT2D eigenvalue weighted by atomic mass is 10.0. The Labute approximate surface area is 109 Å². The van der Waals surface area contributed by atoms with Gasteiger partial charge in [-0.05, 0) is 36.8 Å². The van der Waals surface area contributed by atoms with Crippen molar-refractivity contribution in [2.24, 2.45) is 0 Å². The average Bonchev–Trinajstić information content (AvgIpc) is 2.83. The summed E-state index contributed by atoms with van der Waals surface area (Å²) >= 11 is 0. The van der Waals surface area contributed by atoms with Crippen molar-refractivity contribution in [1.29, 1.82) is 0 Å². The first-order valence-electron chi connectivity index (χ1n) is 6.05. The van der Waals surface area contributed by atoms with Gasteiger partial charge in [0.25, 0.3) is 0 Å². The second-order valence-electron chi connectivity index (χ2n) is 4.78. The molecule has 0 bridgehead atoms. The molecule has 0 aliphatic carbocycles. The molecule has 1 heterocycles. The molecule has 1 unspecified atom stereocenters. The summed E-state index contributed by atoms with van der Waals surface area (Å²) in [7, 11) is 0. The van der Waals surface area contributed by atoms with Gasteiger partial charge in [0, 0.05) is 23.2 Å². The average molecular weight is 263 g/mol. The van der Waals surface area contributed by atoms with Crippen LogP contribution in [0, 0.1) is 24.4 Å². The van der Waals surface area contributed by atoms with E-state index in [1.54, 1.807) is 6.07 Å². The van der Waals surface area contributed by atoms with Crippen LogP contribution < -0.4 is 5.32 Å². The van der Waals surface area contributed by atoms with E-state index in [4.69, 9.17) is 0 Å². The summed E-state index contributed by atoms with van der Waals surface area (Å²) in [6.45, 7) is 1.86. The van der Waals surface area contributed by atoms with E-state index in [-0.39, 0.29) is 11.4 Å². The fraction of sp³-hybridized carbons (Fsp3) is 0.200. The van der Waals surface area contributed by atoms with Crippen molar-refractivity contribution in [2.45, 2.75) is 19.4 Å². The molecule has 1 aliphatic rings. The van der Waals surface area contributed by atoms with E-state index in [1.165, 1.54) is 6.07 Å². The lowest BCUT2D eigenvalue weighted by molar-refractivity contribution is 0.569. The Morgan fingerprint density at radius 1 is 1.05 bits per heavy atom. The van der Waals surface area contributed by atoms with Gasteiger partial charge in [0.2, 0.25) is 0 Å². The topological polar surface area (TPSA) is 12.0 Å². The number of hydrogen-bond acceptors (Lipinski definition) is 1. The maximum Gasteiger partial charge on any atom is 0.128 e. The van der Waals surface area contributed by atoms with Gasteiger partial charge in [-0.1, -0.05) is 6.07 Å². The maximum atomic E-state index is 13.7. The summed E-state index contributed by atoms with van der Waals surface area (Å²) in [5.74, 6) is -1.29. The molecule has 19 heavy (non-hydrogen) atoms. The van der Waals surface area contributed by atoms with Crippen LogP contribution in [0.5, 0.6) is 0 Å². The summed E-state index contributed by atoms with van der Waals surface area (Å²) < 4.78 is 40.7. The van der Waals surface area contributed by atoms with Crippen molar-refractivity contribution in [3.8, 4) is 0 Å². The van der Waals surface area contributed by atoms with Crippen LogP contribution in [-0.4, -0.2) is 0 Å². The molecule has 0 aromatic heterocycles. The molecule has 4 heteroatoms. The fourth-order valence-electron chi connectivity index (χ4n) is 2.54. The van der Waals surface area contributed by atoms with Crippen molar-refractivity contribution >= 4 is 5.69 Å². The molecule has 0 saturated carbocycles. The molecule has 0 saturated heterocycles. The minimum absolute atomic E-state index is 0.231. The van der Waals surface area contributed by atoms with Crippen LogP contribution in [-0.2, 0) is 6.42 Å². The van der Waals surface area contributed by atoms with Gasteiger partial charge >= 0.3 is 0 Å². The minimum atomic E-state index is -0.494. The Kier molecular flexibility index (Phi) is 2.73. The van der Waals surface area contributed by atoms with Gasteiger partial charge in [0.05, 0.1) is 6.04 Å². The number of aryl methyl sites for hydroxylation is 1. The summed E-state index contributed by atoms with van der Waals surface area (Å²) in [5.41, 5.74) is 2.35. The van der Waals surface area contributed by atoms with Crippen LogP contribution >= 0.6 is 0 Å². The molecule has 3 rings (SSSR count). The highest BCUT2D eigenvalue weighted by Crippen LogP contribution is 2.38. The minimum Gasteiger partial charge on any atom is -0.377 e. The molecule has 0 radical (unpaired) electrons. The third-order valence-electron chi connectivity index (χ3n) is 3.52. The third-order valence-corrected chi connectivity index (χ3v) is 3.52. The van der Waals surface area contributed by atoms with E-state index in [2.05, 4.69) is 5.32 Å². The molecule has 0 amide bonds. The number of benzene rings is 2. The van der Waals surface area contributed by atoms with E-state index >= 15 is 0 Å². The second kappa shape index (κ2) is 4.30. The largest absolute Gasteiger partial charge is 0.377 e. The fourth-order valence-corrected chi connectivity index (χ4v) is 2.54. The van der Waals surface area contributed by atoms with Crippen LogP contribution in [0.25, 0.3) is 0 Å². The first kappa shape index (κ1) is 12.1. The molecular formula is C15H12F3N. The number of halogens is 3. The van der Waals surface area contributed by atoms with Crippen molar-refractivity contribution in [2.75, 3.05) is 5.32 Å². The first-order valence-corrected chi connectivity index (χ1v) is 6.05. The van der Waals surface area contributed by atoms with Gasteiger partial charge in [-0.3, -0.25) is 0 Å². The predicted octanol–water partition coefficient (Wildman–Crippen LogP) is 4.12. The van der Waals surface area contributed by atoms with Crippen molar-refractivity contribution < 1.29 is 13.2 Å². The third kappa shape index (κ3) is 1.97. The van der Waals surface area contributed by atoms with Crippen LogP contribution in [0.3, 0.4) is 0 Å². The van der Waals surface area contributed by atoms with Crippen molar-refractivity contribution in [1.82, 2.24) is 0 Å². The summed E-state index contributed by atoms with van der Waals surface area (Å²) in [4.78, 5) is 0. The molecule has 1 N–H and O–H groups in total. The summed E-state index contributed by atoms with van der Waals surface area (Å²) in [6.07, 6.45) is 0.323. The molecule has 0 spiro atoms.